The Morgan fingerprint density at radius 3 is 2.20 bits per heavy atom. The summed E-state index contributed by atoms with van der Waals surface area (Å²) < 4.78 is 27.5. The Balaban J connectivity index is 1.82. The van der Waals surface area contributed by atoms with Gasteiger partial charge in [-0.1, -0.05) is 61.2 Å². The van der Waals surface area contributed by atoms with Crippen molar-refractivity contribution in [1.82, 2.24) is 5.43 Å². The monoisotopic (exact) mass is 447 g/mol. The number of rotatable bonds is 6. The molecule has 0 spiro atoms. The predicted octanol–water partition coefficient (Wildman–Crippen LogP) is 4.75. The number of benzene rings is 2. The van der Waals surface area contributed by atoms with Gasteiger partial charge in [0.15, 0.2) is 0 Å². The molecule has 0 saturated heterocycles. The summed E-state index contributed by atoms with van der Waals surface area (Å²) in [6.07, 6.45) is 7.41. The van der Waals surface area contributed by atoms with Crippen molar-refractivity contribution in [1.29, 1.82) is 0 Å². The van der Waals surface area contributed by atoms with Gasteiger partial charge >= 0.3 is 0 Å². The molecule has 2 aromatic carbocycles. The van der Waals surface area contributed by atoms with Gasteiger partial charge in [0.25, 0.3) is 15.9 Å². The van der Waals surface area contributed by atoms with Gasteiger partial charge in [-0.05, 0) is 49.9 Å². The molecule has 30 heavy (non-hydrogen) atoms. The van der Waals surface area contributed by atoms with E-state index in [4.69, 9.17) is 11.6 Å². The van der Waals surface area contributed by atoms with Crippen LogP contribution in [0.2, 0.25) is 5.02 Å². The lowest BCUT2D eigenvalue weighted by Crippen LogP contribution is -2.40. The van der Waals surface area contributed by atoms with Crippen LogP contribution in [-0.4, -0.2) is 26.6 Å². The van der Waals surface area contributed by atoms with E-state index in [0.29, 0.717) is 0 Å². The first kappa shape index (κ1) is 22.3. The van der Waals surface area contributed by atoms with Crippen molar-refractivity contribution in [3.05, 3.63) is 59.6 Å². The van der Waals surface area contributed by atoms with E-state index in [0.717, 1.165) is 35.7 Å². The first-order valence-electron chi connectivity index (χ1n) is 10.1. The number of anilines is 1. The minimum atomic E-state index is -3.99. The zero-order valence-corrected chi connectivity index (χ0v) is 18.3. The Morgan fingerprint density at radius 2 is 1.53 bits per heavy atom. The fraction of sp³-hybridized carbons (Fsp3) is 0.364. The lowest BCUT2D eigenvalue weighted by Gasteiger charge is -2.24. The SMILES string of the molecule is O=C(CN(c1ccccc1Cl)S(=O)(=O)c1ccccc1)NN=C1CCCCCCC1. The highest BCUT2D eigenvalue weighted by Crippen LogP contribution is 2.30. The van der Waals surface area contributed by atoms with Crippen molar-refractivity contribution in [2.24, 2.45) is 5.10 Å². The fourth-order valence-corrected chi connectivity index (χ4v) is 5.15. The van der Waals surface area contributed by atoms with Gasteiger partial charge in [-0.25, -0.2) is 13.8 Å². The average molecular weight is 448 g/mol. The van der Waals surface area contributed by atoms with E-state index in [9.17, 15) is 13.2 Å². The molecule has 0 bridgehead atoms. The van der Waals surface area contributed by atoms with E-state index in [1.54, 1.807) is 42.5 Å². The number of halogens is 1. The van der Waals surface area contributed by atoms with E-state index in [1.807, 2.05) is 0 Å². The number of nitrogens with one attached hydrogen (secondary N) is 1. The van der Waals surface area contributed by atoms with Crippen molar-refractivity contribution in [3.8, 4) is 0 Å². The van der Waals surface area contributed by atoms with Gasteiger partial charge in [0.1, 0.15) is 6.54 Å². The van der Waals surface area contributed by atoms with Crippen LogP contribution in [0.4, 0.5) is 5.69 Å². The van der Waals surface area contributed by atoms with Crippen molar-refractivity contribution >= 4 is 38.9 Å². The summed E-state index contributed by atoms with van der Waals surface area (Å²) >= 11 is 6.26. The normalized spacial score (nSPS) is 15.0. The Morgan fingerprint density at radius 1 is 0.933 bits per heavy atom. The molecular formula is C22H26ClN3O3S. The summed E-state index contributed by atoms with van der Waals surface area (Å²) in [6, 6.07) is 14.6. The first-order valence-corrected chi connectivity index (χ1v) is 12.0. The van der Waals surface area contributed by atoms with Crippen molar-refractivity contribution in [2.75, 3.05) is 10.8 Å². The Bertz CT molecular complexity index is 984. The largest absolute Gasteiger partial charge is 0.271 e. The van der Waals surface area contributed by atoms with E-state index in [1.165, 1.54) is 31.4 Å². The lowest BCUT2D eigenvalue weighted by atomic mass is 9.99. The first-order chi connectivity index (χ1) is 14.5. The summed E-state index contributed by atoms with van der Waals surface area (Å²) in [5.41, 5.74) is 3.75. The van der Waals surface area contributed by atoms with Gasteiger partial charge in [-0.3, -0.25) is 9.10 Å². The maximum atomic E-state index is 13.3. The number of carbonyl (C=O) groups is 1. The van der Waals surface area contributed by atoms with Gasteiger partial charge < -0.3 is 0 Å². The van der Waals surface area contributed by atoms with Crippen LogP contribution in [0.15, 0.2) is 64.6 Å². The van der Waals surface area contributed by atoms with Crippen LogP contribution in [0.3, 0.4) is 0 Å². The summed E-state index contributed by atoms with van der Waals surface area (Å²) in [6.45, 7) is -0.419. The fourth-order valence-electron chi connectivity index (χ4n) is 3.41. The van der Waals surface area contributed by atoms with Crippen molar-refractivity contribution < 1.29 is 13.2 Å². The second-order valence-corrected chi connectivity index (χ2v) is 9.53. The number of amides is 1. The number of para-hydroxylation sites is 1. The van der Waals surface area contributed by atoms with Gasteiger partial charge in [0, 0.05) is 5.71 Å². The molecule has 0 aromatic heterocycles. The Hall–Kier alpha value is -2.38. The van der Waals surface area contributed by atoms with Crippen molar-refractivity contribution in [2.45, 2.75) is 49.8 Å². The molecule has 8 heteroatoms. The highest BCUT2D eigenvalue weighted by Gasteiger charge is 2.28. The van der Waals surface area contributed by atoms with Crippen LogP contribution in [-0.2, 0) is 14.8 Å². The van der Waals surface area contributed by atoms with Crippen LogP contribution < -0.4 is 9.73 Å². The van der Waals surface area contributed by atoms with E-state index < -0.39 is 22.5 Å². The third-order valence-electron chi connectivity index (χ3n) is 5.01. The molecule has 1 aliphatic rings. The van der Waals surface area contributed by atoms with E-state index in [2.05, 4.69) is 10.5 Å². The van der Waals surface area contributed by atoms with Gasteiger partial charge in [-0.15, -0.1) is 0 Å². The third-order valence-corrected chi connectivity index (χ3v) is 7.10. The molecule has 2 aromatic rings. The lowest BCUT2D eigenvalue weighted by molar-refractivity contribution is -0.119. The number of sulfonamides is 1. The third kappa shape index (κ3) is 5.83. The number of hydrogen-bond donors (Lipinski definition) is 1. The standard InChI is InChI=1S/C22H26ClN3O3S/c23-20-15-9-10-16-21(20)26(30(28,29)19-13-7-4-8-14-19)17-22(27)25-24-18-11-5-2-1-3-6-12-18/h4,7-10,13-16H,1-3,5-6,11-12,17H2,(H,25,27). The molecule has 6 nitrogen and oxygen atoms in total. The molecule has 1 saturated carbocycles. The van der Waals surface area contributed by atoms with Crippen LogP contribution >= 0.6 is 11.6 Å². The second kappa shape index (κ2) is 10.6. The number of hydrogen-bond acceptors (Lipinski definition) is 4. The Kier molecular flexibility index (Phi) is 7.87. The highest BCUT2D eigenvalue weighted by atomic mass is 35.5. The maximum absolute atomic E-state index is 13.3. The van der Waals surface area contributed by atoms with Gasteiger partial charge in [0.2, 0.25) is 0 Å². The zero-order valence-electron chi connectivity index (χ0n) is 16.8. The molecule has 0 unspecified atom stereocenters. The molecule has 1 aliphatic carbocycles. The molecule has 0 atom stereocenters. The van der Waals surface area contributed by atoms with Crippen LogP contribution in [0, 0.1) is 0 Å². The molecule has 1 amide bonds. The minimum Gasteiger partial charge on any atom is -0.271 e. The topological polar surface area (TPSA) is 78.8 Å². The van der Waals surface area contributed by atoms with Gasteiger partial charge in [-0.2, -0.15) is 5.10 Å². The van der Waals surface area contributed by atoms with Gasteiger partial charge in [0.05, 0.1) is 15.6 Å². The number of nitrogens with zero attached hydrogens (tertiary/aromatic N) is 2. The summed E-state index contributed by atoms with van der Waals surface area (Å²) in [7, 11) is -3.99. The minimum absolute atomic E-state index is 0.0871. The maximum Gasteiger partial charge on any atom is 0.264 e. The summed E-state index contributed by atoms with van der Waals surface area (Å²) in [5, 5.41) is 4.52. The molecular weight excluding hydrogens is 422 g/mol. The number of carbonyl (C=O) groups excluding carboxylic acids is 1. The van der Waals surface area contributed by atoms with Crippen LogP contribution in [0.1, 0.15) is 44.9 Å². The molecule has 1 fully saturated rings. The molecule has 3 rings (SSSR count). The van der Waals surface area contributed by atoms with Crippen LogP contribution in [0.25, 0.3) is 0 Å². The highest BCUT2D eigenvalue weighted by molar-refractivity contribution is 7.92. The molecule has 0 heterocycles. The van der Waals surface area contributed by atoms with Crippen LogP contribution in [0.5, 0.6) is 0 Å². The average Bonchev–Trinajstić information content (AvgIpc) is 2.72. The summed E-state index contributed by atoms with van der Waals surface area (Å²) in [5.74, 6) is -0.510. The number of hydrazone groups is 1. The predicted molar refractivity (Wildman–Crippen MR) is 120 cm³/mol. The molecule has 0 radical (unpaired) electrons. The van der Waals surface area contributed by atoms with E-state index >= 15 is 0 Å². The molecule has 160 valence electrons. The van der Waals surface area contributed by atoms with E-state index in [-0.39, 0.29) is 15.6 Å². The quantitative estimate of drug-likeness (QED) is 0.649. The Labute approximate surface area is 183 Å². The smallest absolute Gasteiger partial charge is 0.264 e. The molecule has 0 aliphatic heterocycles. The molecule has 1 N–H and O–H groups in total. The van der Waals surface area contributed by atoms with Crippen molar-refractivity contribution in [3.63, 3.8) is 0 Å². The summed E-state index contributed by atoms with van der Waals surface area (Å²) in [4.78, 5) is 12.7. The second-order valence-electron chi connectivity index (χ2n) is 7.26. The zero-order chi connectivity index (χ0) is 21.4.